The highest BCUT2D eigenvalue weighted by molar-refractivity contribution is 5.78. The second kappa shape index (κ2) is 13.1. The fourth-order valence-electron chi connectivity index (χ4n) is 4.59. The maximum atomic E-state index is 14.1. The number of imidazole rings is 1. The van der Waals surface area contributed by atoms with Crippen LogP contribution >= 0.6 is 0 Å². The smallest absolute Gasteiger partial charge is 0.249 e. The van der Waals surface area contributed by atoms with Gasteiger partial charge in [-0.05, 0) is 41.7 Å². The molecule has 7 nitrogen and oxygen atoms in total. The average Bonchev–Trinajstić information content (AvgIpc) is 3.24. The molecule has 0 radical (unpaired) electrons. The van der Waals surface area contributed by atoms with E-state index in [2.05, 4.69) is 0 Å². The van der Waals surface area contributed by atoms with E-state index >= 15 is 0 Å². The number of methoxy groups -OCH3 is 2. The van der Waals surface area contributed by atoms with E-state index in [9.17, 15) is 13.6 Å². The molecule has 2 N–H and O–H groups in total. The highest BCUT2D eigenvalue weighted by Gasteiger charge is 2.38. The summed E-state index contributed by atoms with van der Waals surface area (Å²) >= 11 is 0. The van der Waals surface area contributed by atoms with Crippen molar-refractivity contribution in [1.29, 1.82) is 0 Å². The largest absolute Gasteiger partial charge is 0.383 e. The number of nitrogens with two attached hydrogens (primary N) is 1. The normalized spacial score (nSPS) is 13.4. The van der Waals surface area contributed by atoms with E-state index in [0.717, 1.165) is 5.56 Å². The van der Waals surface area contributed by atoms with Crippen molar-refractivity contribution in [2.24, 2.45) is 11.1 Å². The molecule has 0 bridgehead atoms. The van der Waals surface area contributed by atoms with Crippen molar-refractivity contribution < 1.29 is 23.0 Å². The number of nitrogens with zero attached hydrogens (tertiary/aromatic N) is 3. The topological polar surface area (TPSA) is 82.6 Å². The molecule has 0 spiro atoms. The summed E-state index contributed by atoms with van der Waals surface area (Å²) in [7, 11) is 3.06. The first-order valence-corrected chi connectivity index (χ1v) is 12.6. The van der Waals surface area contributed by atoms with Crippen LogP contribution < -0.4 is 5.73 Å². The minimum Gasteiger partial charge on any atom is -0.383 e. The lowest BCUT2D eigenvalue weighted by molar-refractivity contribution is -0.140. The van der Waals surface area contributed by atoms with Crippen molar-refractivity contribution in [3.63, 3.8) is 0 Å². The van der Waals surface area contributed by atoms with E-state index in [0.29, 0.717) is 43.2 Å². The van der Waals surface area contributed by atoms with Crippen molar-refractivity contribution in [2.45, 2.75) is 45.8 Å². The molecule has 3 aromatic rings. The van der Waals surface area contributed by atoms with Gasteiger partial charge in [0.2, 0.25) is 5.91 Å². The lowest BCUT2D eigenvalue weighted by Gasteiger charge is -2.40. The fraction of sp³-hybridized carbons (Fsp3) is 0.448. The Balaban J connectivity index is 2.15. The SMILES string of the molecule is COCC(=O)N(CCC(N)COC)[C@@H](c1nc(-c2cccc(F)c2)cn1Cc1cccc(F)c1)C(C)(C)C. The van der Waals surface area contributed by atoms with Gasteiger partial charge in [0.1, 0.15) is 24.1 Å². The van der Waals surface area contributed by atoms with Crippen molar-refractivity contribution in [1.82, 2.24) is 14.5 Å². The number of amides is 1. The minimum atomic E-state index is -0.490. The Bertz CT molecular complexity index is 1210. The Hall–Kier alpha value is -3.14. The molecular weight excluding hydrogens is 490 g/mol. The fourth-order valence-corrected chi connectivity index (χ4v) is 4.59. The number of rotatable bonds is 12. The van der Waals surface area contributed by atoms with E-state index < -0.39 is 11.5 Å². The number of hydrogen-bond acceptors (Lipinski definition) is 5. The van der Waals surface area contributed by atoms with Crippen molar-refractivity contribution in [3.8, 4) is 11.3 Å². The van der Waals surface area contributed by atoms with Gasteiger partial charge in [0.25, 0.3) is 0 Å². The Labute approximate surface area is 223 Å². The maximum absolute atomic E-state index is 14.1. The molecule has 1 aromatic heterocycles. The van der Waals surface area contributed by atoms with Crippen LogP contribution in [0.3, 0.4) is 0 Å². The molecule has 2 aromatic carbocycles. The number of benzene rings is 2. The zero-order valence-corrected chi connectivity index (χ0v) is 22.8. The molecule has 9 heteroatoms. The van der Waals surface area contributed by atoms with Crippen LogP contribution in [-0.4, -0.2) is 60.4 Å². The number of ether oxygens (including phenoxy) is 2. The van der Waals surface area contributed by atoms with Crippen LogP contribution in [0, 0.1) is 17.0 Å². The summed E-state index contributed by atoms with van der Waals surface area (Å²) in [6.45, 7) is 7.03. The number of carbonyl (C=O) groups excluding carboxylic acids is 1. The molecular formula is C29H38F2N4O3. The Morgan fingerprint density at radius 3 is 2.37 bits per heavy atom. The Morgan fingerprint density at radius 1 is 1.08 bits per heavy atom. The van der Waals surface area contributed by atoms with Gasteiger partial charge in [-0.1, -0.05) is 45.0 Å². The summed E-state index contributed by atoms with van der Waals surface area (Å²) in [5.41, 5.74) is 7.65. The number of carbonyl (C=O) groups is 1. The summed E-state index contributed by atoms with van der Waals surface area (Å²) in [4.78, 5) is 20.1. The van der Waals surface area contributed by atoms with Gasteiger partial charge in [0.05, 0.1) is 18.3 Å². The van der Waals surface area contributed by atoms with Gasteiger partial charge in [-0.15, -0.1) is 0 Å². The molecule has 0 fully saturated rings. The van der Waals surface area contributed by atoms with Crippen molar-refractivity contribution in [2.75, 3.05) is 34.0 Å². The lowest BCUT2D eigenvalue weighted by Crippen LogP contribution is -2.46. The molecule has 0 aliphatic rings. The molecule has 0 saturated heterocycles. The number of aromatic nitrogens is 2. The minimum absolute atomic E-state index is 0.104. The van der Waals surface area contributed by atoms with E-state index in [1.807, 2.05) is 37.6 Å². The first kappa shape index (κ1) is 29.4. The zero-order valence-electron chi connectivity index (χ0n) is 22.8. The van der Waals surface area contributed by atoms with E-state index in [1.54, 1.807) is 30.2 Å². The van der Waals surface area contributed by atoms with Gasteiger partial charge in [-0.3, -0.25) is 4.79 Å². The van der Waals surface area contributed by atoms with Gasteiger partial charge in [0.15, 0.2) is 0 Å². The third-order valence-electron chi connectivity index (χ3n) is 6.26. The van der Waals surface area contributed by atoms with Gasteiger partial charge < -0.3 is 24.7 Å². The summed E-state index contributed by atoms with van der Waals surface area (Å²) in [5.74, 6) is -0.318. The second-order valence-corrected chi connectivity index (χ2v) is 10.5. The summed E-state index contributed by atoms with van der Waals surface area (Å²) in [6.07, 6.45) is 2.33. The quantitative estimate of drug-likeness (QED) is 0.365. The van der Waals surface area contributed by atoms with E-state index in [-0.39, 0.29) is 30.2 Å². The highest BCUT2D eigenvalue weighted by Crippen LogP contribution is 2.39. The maximum Gasteiger partial charge on any atom is 0.249 e. The van der Waals surface area contributed by atoms with Crippen LogP contribution in [0.2, 0.25) is 0 Å². The highest BCUT2D eigenvalue weighted by atomic mass is 19.1. The average molecular weight is 529 g/mol. The summed E-state index contributed by atoms with van der Waals surface area (Å²) in [6, 6.07) is 11.8. The second-order valence-electron chi connectivity index (χ2n) is 10.5. The molecule has 2 atom stereocenters. The van der Waals surface area contributed by atoms with Crippen molar-refractivity contribution in [3.05, 3.63) is 77.8 Å². The van der Waals surface area contributed by atoms with Gasteiger partial charge in [0, 0.05) is 45.1 Å². The van der Waals surface area contributed by atoms with Crippen LogP contribution in [0.15, 0.2) is 54.7 Å². The van der Waals surface area contributed by atoms with E-state index in [1.165, 1.54) is 31.4 Å². The van der Waals surface area contributed by atoms with E-state index in [4.69, 9.17) is 20.2 Å². The lowest BCUT2D eigenvalue weighted by atomic mass is 9.84. The Kier molecular flexibility index (Phi) is 10.1. The van der Waals surface area contributed by atoms with Crippen LogP contribution in [0.1, 0.15) is 44.6 Å². The standard InChI is InChI=1S/C29H38F2N4O3/c1-29(2,3)27(35(26(36)19-38-5)13-12-24(32)18-37-4)28-33-25(21-9-7-11-23(31)15-21)17-34(28)16-20-8-6-10-22(30)14-20/h6-11,14-15,17,24,27H,12-13,16,18-19,32H2,1-5H3/t24?,27-/m0/s1. The zero-order chi connectivity index (χ0) is 27.9. The predicted octanol–water partition coefficient (Wildman–Crippen LogP) is 4.80. The van der Waals surface area contributed by atoms with Crippen LogP contribution in [0.4, 0.5) is 8.78 Å². The predicted molar refractivity (Wildman–Crippen MR) is 143 cm³/mol. The molecule has 38 heavy (non-hydrogen) atoms. The molecule has 3 rings (SSSR count). The molecule has 1 unspecified atom stereocenters. The Morgan fingerprint density at radius 2 is 1.76 bits per heavy atom. The van der Waals surface area contributed by atoms with Crippen LogP contribution in [-0.2, 0) is 20.8 Å². The van der Waals surface area contributed by atoms with Gasteiger partial charge >= 0.3 is 0 Å². The monoisotopic (exact) mass is 528 g/mol. The molecule has 0 aliphatic heterocycles. The summed E-state index contributed by atoms with van der Waals surface area (Å²) < 4.78 is 40.4. The first-order valence-electron chi connectivity index (χ1n) is 12.6. The van der Waals surface area contributed by atoms with Crippen LogP contribution in [0.25, 0.3) is 11.3 Å². The number of halogens is 2. The summed E-state index contributed by atoms with van der Waals surface area (Å²) in [5, 5.41) is 0. The third-order valence-corrected chi connectivity index (χ3v) is 6.26. The molecule has 0 saturated carbocycles. The molecule has 1 heterocycles. The van der Waals surface area contributed by atoms with Gasteiger partial charge in [-0.2, -0.15) is 0 Å². The number of hydrogen-bond donors (Lipinski definition) is 1. The molecule has 0 aliphatic carbocycles. The third kappa shape index (κ3) is 7.69. The molecule has 1 amide bonds. The van der Waals surface area contributed by atoms with Crippen LogP contribution in [0.5, 0.6) is 0 Å². The first-order chi connectivity index (χ1) is 18.0. The van der Waals surface area contributed by atoms with Gasteiger partial charge in [-0.25, -0.2) is 13.8 Å². The van der Waals surface area contributed by atoms with Crippen molar-refractivity contribution >= 4 is 5.91 Å². The molecule has 206 valence electrons.